The second-order valence-corrected chi connectivity index (χ2v) is 4.14. The first kappa shape index (κ1) is 12.3. The highest BCUT2D eigenvalue weighted by molar-refractivity contribution is 9.10. The molecule has 0 amide bonds. The summed E-state index contributed by atoms with van der Waals surface area (Å²) in [5.74, 6) is 3.30. The minimum atomic E-state index is 0.206. The topological polar surface area (TPSA) is 37.8 Å². The lowest BCUT2D eigenvalue weighted by atomic mass is 10.1. The van der Waals surface area contributed by atoms with Crippen LogP contribution in [0.25, 0.3) is 0 Å². The molecule has 0 radical (unpaired) electrons. The van der Waals surface area contributed by atoms with E-state index in [1.807, 2.05) is 0 Å². The molecule has 1 atom stereocenters. The average Bonchev–Trinajstić information content (AvgIpc) is 2.24. The predicted molar refractivity (Wildman–Crippen MR) is 65.9 cm³/mol. The van der Waals surface area contributed by atoms with Crippen molar-refractivity contribution in [3.8, 4) is 12.3 Å². The van der Waals surface area contributed by atoms with E-state index in [4.69, 9.17) is 18.0 Å². The molecule has 0 aliphatic heterocycles. The van der Waals surface area contributed by atoms with Gasteiger partial charge >= 0.3 is 0 Å². The van der Waals surface area contributed by atoms with Gasteiger partial charge in [-0.1, -0.05) is 18.5 Å². The summed E-state index contributed by atoms with van der Waals surface area (Å²) in [6.45, 7) is 2.06. The molecule has 0 bridgehead atoms. The maximum atomic E-state index is 5.84. The van der Waals surface area contributed by atoms with E-state index in [9.17, 15) is 0 Å². The first-order valence-electron chi connectivity index (χ1n) is 4.55. The summed E-state index contributed by atoms with van der Waals surface area (Å²) in [5, 5.41) is 3.61. The van der Waals surface area contributed by atoms with Crippen molar-refractivity contribution in [3.05, 3.63) is 16.0 Å². The highest BCUT2D eigenvalue weighted by Crippen LogP contribution is 2.26. The Labute approximate surface area is 103 Å². The fourth-order valence-electron chi connectivity index (χ4n) is 1.08. The van der Waals surface area contributed by atoms with Gasteiger partial charge in [-0.3, -0.25) is 0 Å². The highest BCUT2D eigenvalue weighted by Gasteiger charge is 2.10. The second kappa shape index (κ2) is 5.94. The molecule has 1 unspecified atom stereocenters. The van der Waals surface area contributed by atoms with Gasteiger partial charge in [-0.05, 0) is 22.4 Å². The lowest BCUT2D eigenvalue weighted by Gasteiger charge is -2.15. The van der Waals surface area contributed by atoms with Gasteiger partial charge in [0.05, 0.1) is 4.47 Å². The molecule has 0 aliphatic carbocycles. The number of hydrogen-bond donors (Lipinski definition) is 1. The minimum absolute atomic E-state index is 0.206. The molecule has 15 heavy (non-hydrogen) atoms. The Morgan fingerprint density at radius 3 is 3.00 bits per heavy atom. The minimum Gasteiger partial charge on any atom is -0.365 e. The van der Waals surface area contributed by atoms with Crippen molar-refractivity contribution in [2.45, 2.75) is 25.8 Å². The lowest BCUT2D eigenvalue weighted by molar-refractivity contribution is 0.710. The SMILES string of the molecule is C#CCC(CC)Nc1ncnc(Cl)c1Br. The molecular formula is C10H11BrClN3. The Morgan fingerprint density at radius 1 is 1.67 bits per heavy atom. The van der Waals surface area contributed by atoms with Crippen LogP contribution in [0.4, 0.5) is 5.82 Å². The second-order valence-electron chi connectivity index (χ2n) is 2.98. The van der Waals surface area contributed by atoms with Gasteiger partial charge in [0.2, 0.25) is 0 Å². The van der Waals surface area contributed by atoms with Crippen molar-refractivity contribution < 1.29 is 0 Å². The Hall–Kier alpha value is -0.790. The van der Waals surface area contributed by atoms with Crippen LogP contribution >= 0.6 is 27.5 Å². The van der Waals surface area contributed by atoms with Crippen molar-refractivity contribution in [2.75, 3.05) is 5.32 Å². The van der Waals surface area contributed by atoms with Crippen LogP contribution in [-0.2, 0) is 0 Å². The summed E-state index contributed by atoms with van der Waals surface area (Å²) in [6, 6.07) is 0.206. The molecule has 5 heteroatoms. The van der Waals surface area contributed by atoms with Crippen LogP contribution in [0.3, 0.4) is 0 Å². The van der Waals surface area contributed by atoms with Crippen LogP contribution < -0.4 is 5.32 Å². The molecule has 0 saturated carbocycles. The van der Waals surface area contributed by atoms with E-state index in [0.29, 0.717) is 21.9 Å². The third kappa shape index (κ3) is 3.37. The number of halogens is 2. The molecule has 80 valence electrons. The zero-order valence-electron chi connectivity index (χ0n) is 8.30. The van der Waals surface area contributed by atoms with Crippen LogP contribution in [0.15, 0.2) is 10.8 Å². The third-order valence-corrected chi connectivity index (χ3v) is 3.21. The molecule has 0 aromatic carbocycles. The van der Waals surface area contributed by atoms with Crippen molar-refractivity contribution in [1.29, 1.82) is 0 Å². The van der Waals surface area contributed by atoms with E-state index in [-0.39, 0.29) is 6.04 Å². The number of nitrogens with zero attached hydrogens (tertiary/aromatic N) is 2. The molecule has 0 fully saturated rings. The Kier molecular flexibility index (Phi) is 4.86. The summed E-state index contributed by atoms with van der Waals surface area (Å²) in [4.78, 5) is 7.93. The highest BCUT2D eigenvalue weighted by atomic mass is 79.9. The molecule has 1 N–H and O–H groups in total. The van der Waals surface area contributed by atoms with Crippen molar-refractivity contribution in [2.24, 2.45) is 0 Å². The molecule has 3 nitrogen and oxygen atoms in total. The third-order valence-electron chi connectivity index (χ3n) is 1.94. The average molecular weight is 289 g/mol. The molecule has 1 heterocycles. The number of nitrogens with one attached hydrogen (secondary N) is 1. The van der Waals surface area contributed by atoms with Gasteiger partial charge in [-0.15, -0.1) is 12.3 Å². The van der Waals surface area contributed by atoms with E-state index in [1.165, 1.54) is 6.33 Å². The van der Waals surface area contributed by atoms with Gasteiger partial charge in [-0.2, -0.15) is 0 Å². The van der Waals surface area contributed by atoms with Crippen LogP contribution in [0.1, 0.15) is 19.8 Å². The standard InChI is InChI=1S/C10H11BrClN3/c1-3-5-7(4-2)15-10-8(11)9(12)13-6-14-10/h1,6-7H,4-5H2,2H3,(H,13,14,15). The first-order valence-corrected chi connectivity index (χ1v) is 5.72. The van der Waals surface area contributed by atoms with E-state index >= 15 is 0 Å². The Morgan fingerprint density at radius 2 is 2.40 bits per heavy atom. The fourth-order valence-corrected chi connectivity index (χ4v) is 1.53. The Balaban J connectivity index is 2.80. The van der Waals surface area contributed by atoms with Gasteiger partial charge in [0.15, 0.2) is 0 Å². The zero-order valence-corrected chi connectivity index (χ0v) is 10.6. The molecule has 0 aliphatic rings. The Bertz CT molecular complexity index is 375. The molecular weight excluding hydrogens is 277 g/mol. The smallest absolute Gasteiger partial charge is 0.148 e. The van der Waals surface area contributed by atoms with E-state index in [1.54, 1.807) is 0 Å². The van der Waals surface area contributed by atoms with E-state index < -0.39 is 0 Å². The maximum Gasteiger partial charge on any atom is 0.148 e. The fraction of sp³-hybridized carbons (Fsp3) is 0.400. The number of hydrogen-bond acceptors (Lipinski definition) is 3. The van der Waals surface area contributed by atoms with Crippen LogP contribution in [0.5, 0.6) is 0 Å². The summed E-state index contributed by atoms with van der Waals surface area (Å²) in [7, 11) is 0. The molecule has 1 aromatic rings. The summed E-state index contributed by atoms with van der Waals surface area (Å²) in [5.41, 5.74) is 0. The van der Waals surface area contributed by atoms with Crippen LogP contribution in [0.2, 0.25) is 5.15 Å². The van der Waals surface area contributed by atoms with E-state index in [0.717, 1.165) is 6.42 Å². The maximum absolute atomic E-state index is 5.84. The summed E-state index contributed by atoms with van der Waals surface area (Å²) in [6.07, 6.45) is 8.27. The summed E-state index contributed by atoms with van der Waals surface area (Å²) >= 11 is 9.16. The molecule has 0 spiro atoms. The van der Waals surface area contributed by atoms with Crippen molar-refractivity contribution in [3.63, 3.8) is 0 Å². The van der Waals surface area contributed by atoms with Crippen LogP contribution in [0, 0.1) is 12.3 Å². The van der Waals surface area contributed by atoms with Gasteiger partial charge in [0.25, 0.3) is 0 Å². The number of rotatable bonds is 4. The first-order chi connectivity index (χ1) is 7.19. The monoisotopic (exact) mass is 287 g/mol. The van der Waals surface area contributed by atoms with Gasteiger partial charge in [0, 0.05) is 12.5 Å². The van der Waals surface area contributed by atoms with Gasteiger partial charge < -0.3 is 5.32 Å². The van der Waals surface area contributed by atoms with E-state index in [2.05, 4.69) is 44.1 Å². The quantitative estimate of drug-likeness (QED) is 0.683. The molecule has 1 rings (SSSR count). The van der Waals surface area contributed by atoms with Crippen molar-refractivity contribution in [1.82, 2.24) is 9.97 Å². The zero-order chi connectivity index (χ0) is 11.3. The predicted octanol–water partition coefficient (Wildman–Crippen LogP) is 3.11. The number of aromatic nitrogens is 2. The summed E-state index contributed by atoms with van der Waals surface area (Å²) < 4.78 is 0.669. The largest absolute Gasteiger partial charge is 0.365 e. The number of terminal acetylenes is 1. The number of anilines is 1. The van der Waals surface area contributed by atoms with Crippen molar-refractivity contribution >= 4 is 33.3 Å². The molecule has 0 saturated heterocycles. The lowest BCUT2D eigenvalue weighted by Crippen LogP contribution is -2.18. The normalized spacial score (nSPS) is 11.9. The van der Waals surface area contributed by atoms with Gasteiger partial charge in [0.1, 0.15) is 17.3 Å². The van der Waals surface area contributed by atoms with Gasteiger partial charge in [-0.25, -0.2) is 9.97 Å². The van der Waals surface area contributed by atoms with Crippen LogP contribution in [-0.4, -0.2) is 16.0 Å². The molecule has 1 aromatic heterocycles.